The number of rotatable bonds is 7. The fraction of sp³-hybridized carbons (Fsp3) is 0.379. The Morgan fingerprint density at radius 3 is 2.03 bits per heavy atom. The average Bonchev–Trinajstić information content (AvgIpc) is 2.82. The van der Waals surface area contributed by atoms with Crippen LogP contribution in [0.2, 0.25) is 0 Å². The molecule has 3 aromatic carbocycles. The maximum atomic E-state index is 13.4. The molecule has 3 aromatic rings. The molecule has 0 nitrogen and oxygen atoms in total. The summed E-state index contributed by atoms with van der Waals surface area (Å²) in [5.41, 5.74) is 4.71. The van der Waals surface area contributed by atoms with Crippen molar-refractivity contribution < 1.29 is 13.2 Å². The second-order valence-corrected chi connectivity index (χ2v) is 9.39. The Labute approximate surface area is 189 Å². The van der Waals surface area contributed by atoms with Crippen LogP contribution in [0.3, 0.4) is 0 Å². The zero-order valence-electron chi connectivity index (χ0n) is 18.7. The van der Waals surface area contributed by atoms with Crippen LogP contribution in [0.25, 0.3) is 0 Å². The van der Waals surface area contributed by atoms with Crippen molar-refractivity contribution in [3.8, 4) is 0 Å². The van der Waals surface area contributed by atoms with Gasteiger partial charge in [0.05, 0.1) is 0 Å². The molecule has 0 radical (unpaired) electrons. The molecule has 0 aliphatic heterocycles. The van der Waals surface area contributed by atoms with Gasteiger partial charge >= 0.3 is 0 Å². The topological polar surface area (TPSA) is 0 Å². The Kier molecular flexibility index (Phi) is 7.34. The quantitative estimate of drug-likeness (QED) is 0.326. The van der Waals surface area contributed by atoms with E-state index in [1.54, 1.807) is 0 Å². The van der Waals surface area contributed by atoms with Crippen molar-refractivity contribution in [1.29, 1.82) is 0 Å². The zero-order valence-corrected chi connectivity index (χ0v) is 18.7. The van der Waals surface area contributed by atoms with Crippen molar-refractivity contribution in [2.45, 2.75) is 63.7 Å². The first kappa shape index (κ1) is 22.6. The molecular formula is C29H31F3. The van der Waals surface area contributed by atoms with Crippen molar-refractivity contribution in [1.82, 2.24) is 0 Å². The van der Waals surface area contributed by atoms with Gasteiger partial charge in [-0.15, -0.1) is 0 Å². The van der Waals surface area contributed by atoms with Crippen LogP contribution in [0.1, 0.15) is 73.1 Å². The summed E-state index contributed by atoms with van der Waals surface area (Å²) < 4.78 is 40.0. The molecule has 0 N–H and O–H groups in total. The molecule has 0 spiro atoms. The predicted octanol–water partition coefficient (Wildman–Crippen LogP) is 8.36. The van der Waals surface area contributed by atoms with Crippen LogP contribution < -0.4 is 0 Å². The molecule has 0 bridgehead atoms. The molecule has 1 aliphatic carbocycles. The minimum absolute atomic E-state index is 0.501. The van der Waals surface area contributed by atoms with E-state index in [0.717, 1.165) is 50.7 Å². The number of hydrogen-bond donors (Lipinski definition) is 0. The summed E-state index contributed by atoms with van der Waals surface area (Å²) in [5, 5.41) is 0. The van der Waals surface area contributed by atoms with Gasteiger partial charge in [0.2, 0.25) is 0 Å². The van der Waals surface area contributed by atoms with E-state index in [-0.39, 0.29) is 0 Å². The molecular weight excluding hydrogens is 405 g/mol. The molecule has 0 saturated heterocycles. The summed E-state index contributed by atoms with van der Waals surface area (Å²) >= 11 is 0. The van der Waals surface area contributed by atoms with E-state index in [9.17, 15) is 13.2 Å². The van der Waals surface area contributed by atoms with E-state index >= 15 is 0 Å². The summed E-state index contributed by atoms with van der Waals surface area (Å²) in [6, 6.07) is 22.0. The predicted molar refractivity (Wildman–Crippen MR) is 124 cm³/mol. The highest BCUT2D eigenvalue weighted by Gasteiger charge is 2.22. The zero-order chi connectivity index (χ0) is 22.5. The van der Waals surface area contributed by atoms with Crippen LogP contribution in [0.4, 0.5) is 13.2 Å². The van der Waals surface area contributed by atoms with Gasteiger partial charge in [-0.2, -0.15) is 0 Å². The molecule has 1 saturated carbocycles. The largest absolute Gasteiger partial charge is 0.204 e. The Morgan fingerprint density at radius 2 is 1.41 bits per heavy atom. The number of halogens is 3. The lowest BCUT2D eigenvalue weighted by molar-refractivity contribution is 0.310. The van der Waals surface area contributed by atoms with Crippen molar-refractivity contribution in [2.75, 3.05) is 0 Å². The van der Waals surface area contributed by atoms with Gasteiger partial charge in [-0.3, -0.25) is 0 Å². The molecule has 168 valence electrons. The average molecular weight is 437 g/mol. The Morgan fingerprint density at radius 1 is 0.781 bits per heavy atom. The molecule has 1 atom stereocenters. The van der Waals surface area contributed by atoms with Crippen LogP contribution in [0, 0.1) is 23.4 Å². The lowest BCUT2D eigenvalue weighted by atomic mass is 9.76. The summed E-state index contributed by atoms with van der Waals surface area (Å²) in [5.74, 6) is -1.91. The van der Waals surface area contributed by atoms with Crippen LogP contribution >= 0.6 is 0 Å². The first-order valence-electron chi connectivity index (χ1n) is 11.8. The lowest BCUT2D eigenvalue weighted by Gasteiger charge is -2.29. The highest BCUT2D eigenvalue weighted by molar-refractivity contribution is 5.28. The van der Waals surface area contributed by atoms with Gasteiger partial charge in [-0.1, -0.05) is 61.5 Å². The lowest BCUT2D eigenvalue weighted by Crippen LogP contribution is -2.14. The maximum absolute atomic E-state index is 13.4. The third kappa shape index (κ3) is 5.62. The second kappa shape index (κ2) is 10.4. The van der Waals surface area contributed by atoms with Gasteiger partial charge in [0.15, 0.2) is 17.5 Å². The Balaban J connectivity index is 1.26. The standard InChI is InChI=1S/C29H31F3/c1-20(24-5-3-2-4-6-24)17-22-11-15-26(16-12-22)25-13-9-21(10-14-25)7-8-23-18-27(30)29(32)28(31)19-23/h2-6,11-12,15-16,18-21,25H,7-10,13-14,17H2,1H3/t20-,21?,25?/m1/s1. The fourth-order valence-electron chi connectivity index (χ4n) is 5.09. The van der Waals surface area contributed by atoms with Gasteiger partial charge < -0.3 is 0 Å². The van der Waals surface area contributed by atoms with Gasteiger partial charge in [0.1, 0.15) is 0 Å². The smallest absolute Gasteiger partial charge is 0.194 e. The van der Waals surface area contributed by atoms with Gasteiger partial charge in [0.25, 0.3) is 0 Å². The van der Waals surface area contributed by atoms with Crippen LogP contribution in [-0.2, 0) is 12.8 Å². The molecule has 1 aliphatic rings. The number of benzene rings is 3. The summed E-state index contributed by atoms with van der Waals surface area (Å²) in [6.45, 7) is 2.28. The summed E-state index contributed by atoms with van der Waals surface area (Å²) in [4.78, 5) is 0. The number of aryl methyl sites for hydroxylation is 1. The first-order valence-corrected chi connectivity index (χ1v) is 11.8. The second-order valence-electron chi connectivity index (χ2n) is 9.39. The van der Waals surface area contributed by atoms with Gasteiger partial charge in [-0.05, 0) is 97.1 Å². The first-order chi connectivity index (χ1) is 15.5. The van der Waals surface area contributed by atoms with Crippen molar-refractivity contribution in [3.05, 3.63) is 106 Å². The van der Waals surface area contributed by atoms with Crippen molar-refractivity contribution >= 4 is 0 Å². The van der Waals surface area contributed by atoms with Crippen LogP contribution in [-0.4, -0.2) is 0 Å². The van der Waals surface area contributed by atoms with E-state index in [4.69, 9.17) is 0 Å². The molecule has 0 heterocycles. The highest BCUT2D eigenvalue weighted by Crippen LogP contribution is 2.38. The molecule has 0 unspecified atom stereocenters. The van der Waals surface area contributed by atoms with Gasteiger partial charge in [-0.25, -0.2) is 13.2 Å². The van der Waals surface area contributed by atoms with E-state index in [1.165, 1.54) is 16.7 Å². The molecule has 3 heteroatoms. The van der Waals surface area contributed by atoms with E-state index in [1.807, 2.05) is 0 Å². The third-order valence-corrected chi connectivity index (χ3v) is 7.09. The molecule has 32 heavy (non-hydrogen) atoms. The van der Waals surface area contributed by atoms with E-state index in [2.05, 4.69) is 61.5 Å². The maximum Gasteiger partial charge on any atom is 0.194 e. The third-order valence-electron chi connectivity index (χ3n) is 7.09. The van der Waals surface area contributed by atoms with Gasteiger partial charge in [0, 0.05) is 0 Å². The minimum atomic E-state index is -1.38. The van der Waals surface area contributed by atoms with Crippen LogP contribution in [0.5, 0.6) is 0 Å². The minimum Gasteiger partial charge on any atom is -0.204 e. The normalized spacial score (nSPS) is 19.6. The highest BCUT2D eigenvalue weighted by atomic mass is 19.2. The summed E-state index contributed by atoms with van der Waals surface area (Å²) in [7, 11) is 0. The summed E-state index contributed by atoms with van der Waals surface area (Å²) in [6.07, 6.45) is 7.09. The van der Waals surface area contributed by atoms with Crippen molar-refractivity contribution in [2.24, 2.45) is 5.92 Å². The molecule has 1 fully saturated rings. The van der Waals surface area contributed by atoms with E-state index in [0.29, 0.717) is 29.7 Å². The fourth-order valence-corrected chi connectivity index (χ4v) is 5.09. The van der Waals surface area contributed by atoms with E-state index < -0.39 is 17.5 Å². The molecule has 0 aromatic heterocycles. The Bertz CT molecular complexity index is 979. The molecule has 4 rings (SSSR count). The van der Waals surface area contributed by atoms with Crippen LogP contribution in [0.15, 0.2) is 66.7 Å². The van der Waals surface area contributed by atoms with Crippen molar-refractivity contribution in [3.63, 3.8) is 0 Å². The monoisotopic (exact) mass is 436 g/mol. The Hall–Kier alpha value is -2.55. The number of hydrogen-bond acceptors (Lipinski definition) is 0. The SMILES string of the molecule is C[C@H](Cc1ccc(C2CCC(CCc3cc(F)c(F)c(F)c3)CC2)cc1)c1ccccc1. The molecule has 0 amide bonds.